The van der Waals surface area contributed by atoms with Crippen molar-refractivity contribution in [1.82, 2.24) is 4.90 Å². The number of fused-ring (bicyclic) bond motifs is 1. The number of carboxylic acid groups (broad SMARTS) is 1. The summed E-state index contributed by atoms with van der Waals surface area (Å²) in [5.74, 6) is -2.99. The molecule has 3 nitrogen and oxygen atoms in total. The van der Waals surface area contributed by atoms with Crippen LogP contribution >= 0.6 is 23.2 Å². The molecule has 3 aromatic carbocycles. The van der Waals surface area contributed by atoms with Crippen LogP contribution in [0.5, 0.6) is 0 Å². The monoisotopic (exact) mass is 571 g/mol. The molecule has 8 heteroatoms. The molecule has 0 aromatic heterocycles. The van der Waals surface area contributed by atoms with E-state index in [1.807, 2.05) is 0 Å². The van der Waals surface area contributed by atoms with Gasteiger partial charge in [0.1, 0.15) is 0 Å². The highest BCUT2D eigenvalue weighted by Gasteiger charge is 2.27. The fourth-order valence-electron chi connectivity index (χ4n) is 5.38. The number of rotatable bonds is 7. The number of allylic oxidation sites excluding steroid dienone is 1. The molecule has 39 heavy (non-hydrogen) atoms. The second-order valence-electron chi connectivity index (χ2n) is 9.89. The highest BCUT2D eigenvalue weighted by Crippen LogP contribution is 2.43. The summed E-state index contributed by atoms with van der Waals surface area (Å²) >= 11 is 12.7. The molecule has 1 aliphatic heterocycles. The number of alkyl halides is 1. The Hall–Kier alpha value is -3.06. The first-order chi connectivity index (χ1) is 18.8. The Balaban J connectivity index is 1.64. The summed E-state index contributed by atoms with van der Waals surface area (Å²) in [5.41, 5.74) is 4.61. The number of likely N-dealkylation sites (tertiary alicyclic amines) is 1. The number of nitrogens with zero attached hydrogens (tertiary/aromatic N) is 1. The van der Waals surface area contributed by atoms with Crippen molar-refractivity contribution >= 4 is 46.4 Å². The van der Waals surface area contributed by atoms with Crippen molar-refractivity contribution in [3.8, 4) is 0 Å². The lowest BCUT2D eigenvalue weighted by atomic mass is 9.86. The maximum Gasteiger partial charge on any atom is 0.335 e. The van der Waals surface area contributed by atoms with Gasteiger partial charge in [-0.1, -0.05) is 53.5 Å². The third-order valence-corrected chi connectivity index (χ3v) is 7.80. The van der Waals surface area contributed by atoms with Crippen LogP contribution in [-0.4, -0.2) is 42.3 Å². The molecule has 1 heterocycles. The zero-order valence-corrected chi connectivity index (χ0v) is 22.6. The van der Waals surface area contributed by atoms with Crippen molar-refractivity contribution < 1.29 is 23.1 Å². The molecule has 1 saturated heterocycles. The van der Waals surface area contributed by atoms with E-state index in [2.05, 4.69) is 4.90 Å². The molecule has 1 fully saturated rings. The van der Waals surface area contributed by atoms with Crippen molar-refractivity contribution in [3.63, 3.8) is 0 Å². The zero-order chi connectivity index (χ0) is 27.7. The van der Waals surface area contributed by atoms with E-state index in [1.54, 1.807) is 48.5 Å². The van der Waals surface area contributed by atoms with Crippen LogP contribution in [0.2, 0.25) is 10.0 Å². The van der Waals surface area contributed by atoms with Crippen LogP contribution in [0.1, 0.15) is 57.4 Å². The third kappa shape index (κ3) is 5.65. The molecule has 3 aromatic rings. The molecule has 5 rings (SSSR count). The average Bonchev–Trinajstić information content (AvgIpc) is 3.07. The largest absolute Gasteiger partial charge is 0.478 e. The quantitative estimate of drug-likeness (QED) is 0.310. The van der Waals surface area contributed by atoms with Crippen molar-refractivity contribution in [1.29, 1.82) is 0 Å². The number of hydrogen-bond acceptors (Lipinski definition) is 2. The van der Waals surface area contributed by atoms with Crippen molar-refractivity contribution in [2.75, 3.05) is 26.3 Å². The predicted molar refractivity (Wildman–Crippen MR) is 150 cm³/mol. The number of benzene rings is 3. The fraction of sp³-hybridized carbons (Fsp3) is 0.258. The number of hydrogen-bond donors (Lipinski definition) is 1. The van der Waals surface area contributed by atoms with Gasteiger partial charge >= 0.3 is 5.97 Å². The Morgan fingerprint density at radius 2 is 1.69 bits per heavy atom. The first-order valence-corrected chi connectivity index (χ1v) is 13.5. The molecule has 0 atom stereocenters. The van der Waals surface area contributed by atoms with Gasteiger partial charge in [0.25, 0.3) is 0 Å². The molecule has 1 aliphatic carbocycles. The normalized spacial score (nSPS) is 15.6. The summed E-state index contributed by atoms with van der Waals surface area (Å²) in [7, 11) is 0. The number of aromatic carboxylic acids is 1. The lowest BCUT2D eigenvalue weighted by molar-refractivity contribution is 0.0696. The van der Waals surface area contributed by atoms with Crippen LogP contribution in [-0.2, 0) is 6.42 Å². The minimum absolute atomic E-state index is 0.0834. The first kappa shape index (κ1) is 27.5. The van der Waals surface area contributed by atoms with E-state index in [0.717, 1.165) is 16.7 Å². The molecule has 0 amide bonds. The lowest BCUT2D eigenvalue weighted by Gasteiger charge is -2.33. The third-order valence-electron chi connectivity index (χ3n) is 7.25. The van der Waals surface area contributed by atoms with Gasteiger partial charge in [-0.2, -0.15) is 0 Å². The SMILES string of the molecule is O=C(O)c1ccc2c(c1)CCCC(c1ccc(Cl)cc1Cl)=C2c1ccc(C=C2CN(CCCF)C2)c(F)c1F. The second-order valence-corrected chi connectivity index (χ2v) is 10.7. The Labute approximate surface area is 235 Å². The standard InChI is InChI=1S/C31H26Cl2F3NO2/c32-22-7-10-24(27(33)15-22)25-4-1-3-19-14-21(31(38)39)6-8-23(19)28(25)26-9-5-20(29(35)30(26)36)13-18-16-37(17-18)12-2-11-34/h5-10,13-15H,1-4,11-12,16-17H2,(H,38,39). The molecule has 0 saturated carbocycles. The van der Waals surface area contributed by atoms with E-state index in [9.17, 15) is 14.3 Å². The summed E-state index contributed by atoms with van der Waals surface area (Å²) in [6.45, 7) is 1.46. The smallest absolute Gasteiger partial charge is 0.335 e. The molecule has 1 N–H and O–H groups in total. The Morgan fingerprint density at radius 3 is 2.41 bits per heavy atom. The van der Waals surface area contributed by atoms with Crippen molar-refractivity contribution in [3.05, 3.63) is 109 Å². The van der Waals surface area contributed by atoms with Gasteiger partial charge in [-0.3, -0.25) is 9.29 Å². The molecule has 0 bridgehead atoms. The van der Waals surface area contributed by atoms with Gasteiger partial charge < -0.3 is 5.11 Å². The van der Waals surface area contributed by atoms with Gasteiger partial charge in [-0.05, 0) is 83.4 Å². The van der Waals surface area contributed by atoms with Crippen LogP contribution in [0, 0.1) is 11.6 Å². The van der Waals surface area contributed by atoms with E-state index in [4.69, 9.17) is 23.2 Å². The van der Waals surface area contributed by atoms with Crippen LogP contribution in [0.3, 0.4) is 0 Å². The Bertz CT molecular complexity index is 1510. The number of carboxylic acids is 1. The van der Waals surface area contributed by atoms with E-state index in [-0.39, 0.29) is 23.4 Å². The maximum atomic E-state index is 15.9. The summed E-state index contributed by atoms with van der Waals surface area (Å²) in [4.78, 5) is 13.7. The van der Waals surface area contributed by atoms with Gasteiger partial charge in [-0.15, -0.1) is 0 Å². The summed E-state index contributed by atoms with van der Waals surface area (Å²) < 4.78 is 43.9. The first-order valence-electron chi connectivity index (χ1n) is 12.8. The van der Waals surface area contributed by atoms with Gasteiger partial charge in [-0.25, -0.2) is 13.6 Å². The molecule has 202 valence electrons. The lowest BCUT2D eigenvalue weighted by Crippen LogP contribution is -2.40. The number of aryl methyl sites for hydroxylation is 1. The fourth-order valence-corrected chi connectivity index (χ4v) is 5.90. The summed E-state index contributed by atoms with van der Waals surface area (Å²) in [6, 6.07) is 13.0. The van der Waals surface area contributed by atoms with Gasteiger partial charge in [0, 0.05) is 40.8 Å². The van der Waals surface area contributed by atoms with E-state index < -0.39 is 17.6 Å². The minimum atomic E-state index is -1.05. The van der Waals surface area contributed by atoms with Gasteiger partial charge in [0.15, 0.2) is 11.6 Å². The van der Waals surface area contributed by atoms with E-state index in [0.29, 0.717) is 72.1 Å². The van der Waals surface area contributed by atoms with E-state index in [1.165, 1.54) is 6.07 Å². The number of carbonyl (C=O) groups is 1. The van der Waals surface area contributed by atoms with Crippen molar-refractivity contribution in [2.24, 2.45) is 0 Å². The van der Waals surface area contributed by atoms with Gasteiger partial charge in [0.05, 0.1) is 12.2 Å². The van der Waals surface area contributed by atoms with Crippen LogP contribution in [0.25, 0.3) is 17.2 Å². The predicted octanol–water partition coefficient (Wildman–Crippen LogP) is 8.32. The Kier molecular flexibility index (Phi) is 8.17. The number of halogens is 5. The summed E-state index contributed by atoms with van der Waals surface area (Å²) in [5, 5.41) is 10.4. The molecular formula is C31H26Cl2F3NO2. The average molecular weight is 572 g/mol. The van der Waals surface area contributed by atoms with Gasteiger partial charge in [0.2, 0.25) is 0 Å². The Morgan fingerprint density at radius 1 is 0.949 bits per heavy atom. The topological polar surface area (TPSA) is 40.5 Å². The van der Waals surface area contributed by atoms with Crippen molar-refractivity contribution in [2.45, 2.75) is 25.7 Å². The molecular weight excluding hydrogens is 546 g/mol. The highest BCUT2D eigenvalue weighted by molar-refractivity contribution is 6.36. The summed E-state index contributed by atoms with van der Waals surface area (Å²) in [6.07, 6.45) is 3.87. The maximum absolute atomic E-state index is 15.9. The van der Waals surface area contributed by atoms with E-state index >= 15 is 8.78 Å². The zero-order valence-electron chi connectivity index (χ0n) is 21.0. The highest BCUT2D eigenvalue weighted by atomic mass is 35.5. The van der Waals surface area contributed by atoms with Crippen LogP contribution in [0.15, 0.2) is 54.1 Å². The molecule has 0 radical (unpaired) electrons. The van der Waals surface area contributed by atoms with Crippen LogP contribution < -0.4 is 0 Å². The minimum Gasteiger partial charge on any atom is -0.478 e. The second kappa shape index (κ2) is 11.6. The molecule has 2 aliphatic rings. The molecule has 0 spiro atoms. The molecule has 0 unspecified atom stereocenters. The van der Waals surface area contributed by atoms with Crippen LogP contribution in [0.4, 0.5) is 13.2 Å².